The molecule has 0 aliphatic rings. The first-order valence-corrected chi connectivity index (χ1v) is 7.68. The normalized spacial score (nSPS) is 10.5. The van der Waals surface area contributed by atoms with Crippen molar-refractivity contribution in [3.8, 4) is 0 Å². The summed E-state index contributed by atoms with van der Waals surface area (Å²) in [6.45, 7) is 6.06. The number of nitrogen functional groups attached to an aromatic ring is 1. The van der Waals surface area contributed by atoms with Gasteiger partial charge in [0.15, 0.2) is 11.6 Å². The zero-order valence-electron chi connectivity index (χ0n) is 14.0. The van der Waals surface area contributed by atoms with Crippen LogP contribution in [0.5, 0.6) is 0 Å². The fourth-order valence-electron chi connectivity index (χ4n) is 2.32. The van der Waals surface area contributed by atoms with E-state index in [0.29, 0.717) is 17.3 Å². The molecule has 0 atom stereocenters. The SMILES string of the molecule is Cc1ccc(C)c(Nc2ncnc(Nc3ncccc3C)c2N)c1. The van der Waals surface area contributed by atoms with E-state index in [1.807, 2.05) is 32.9 Å². The van der Waals surface area contributed by atoms with Crippen LogP contribution in [0.2, 0.25) is 0 Å². The van der Waals surface area contributed by atoms with E-state index in [1.54, 1.807) is 6.20 Å². The van der Waals surface area contributed by atoms with Crippen molar-refractivity contribution in [2.75, 3.05) is 16.4 Å². The molecular weight excluding hydrogens is 300 g/mol. The van der Waals surface area contributed by atoms with Crippen LogP contribution in [0.4, 0.5) is 28.8 Å². The van der Waals surface area contributed by atoms with Gasteiger partial charge in [0.2, 0.25) is 0 Å². The van der Waals surface area contributed by atoms with E-state index in [2.05, 4.69) is 43.8 Å². The fourth-order valence-corrected chi connectivity index (χ4v) is 2.32. The van der Waals surface area contributed by atoms with Crippen molar-refractivity contribution in [3.63, 3.8) is 0 Å². The summed E-state index contributed by atoms with van der Waals surface area (Å²) in [5.74, 6) is 1.81. The summed E-state index contributed by atoms with van der Waals surface area (Å²) in [4.78, 5) is 12.8. The summed E-state index contributed by atoms with van der Waals surface area (Å²) in [5, 5.41) is 6.45. The Morgan fingerprint density at radius 2 is 1.58 bits per heavy atom. The van der Waals surface area contributed by atoms with Gasteiger partial charge in [-0.05, 0) is 49.6 Å². The minimum Gasteiger partial charge on any atom is -0.393 e. The standard InChI is InChI=1S/C18H20N6/c1-11-6-7-12(2)14(9-11)23-17-15(19)18(22-10-21-17)24-16-13(3)5-4-8-20-16/h4-10H,19H2,1-3H3,(H2,20,21,22,23,24). The molecule has 4 N–H and O–H groups in total. The fraction of sp³-hybridized carbons (Fsp3) is 0.167. The number of rotatable bonds is 4. The summed E-state index contributed by atoms with van der Waals surface area (Å²) in [6.07, 6.45) is 3.20. The minimum atomic E-state index is 0.448. The molecule has 0 amide bonds. The van der Waals surface area contributed by atoms with Gasteiger partial charge in [-0.15, -0.1) is 0 Å². The second-order valence-electron chi connectivity index (χ2n) is 5.72. The number of nitrogens with two attached hydrogens (primary N) is 1. The van der Waals surface area contributed by atoms with E-state index < -0.39 is 0 Å². The predicted octanol–water partition coefficient (Wildman–Crippen LogP) is 3.87. The number of benzene rings is 1. The average Bonchev–Trinajstić information content (AvgIpc) is 2.56. The summed E-state index contributed by atoms with van der Waals surface area (Å²) in [5.41, 5.74) is 11.0. The molecule has 0 saturated carbocycles. The van der Waals surface area contributed by atoms with E-state index in [-0.39, 0.29) is 0 Å². The number of aromatic nitrogens is 3. The Bertz CT molecular complexity index is 875. The summed E-state index contributed by atoms with van der Waals surface area (Å²) in [6, 6.07) is 10.1. The Hall–Kier alpha value is -3.15. The Morgan fingerprint density at radius 3 is 2.33 bits per heavy atom. The van der Waals surface area contributed by atoms with Crippen LogP contribution in [0, 0.1) is 20.8 Å². The number of nitrogens with zero attached hydrogens (tertiary/aromatic N) is 3. The summed E-state index contributed by atoms with van der Waals surface area (Å²) in [7, 11) is 0. The van der Waals surface area contributed by atoms with E-state index in [1.165, 1.54) is 6.33 Å². The molecule has 2 heterocycles. The van der Waals surface area contributed by atoms with Gasteiger partial charge >= 0.3 is 0 Å². The van der Waals surface area contributed by atoms with Crippen LogP contribution in [0.25, 0.3) is 0 Å². The molecule has 0 aliphatic carbocycles. The Labute approximate surface area is 141 Å². The quantitative estimate of drug-likeness (QED) is 0.676. The number of anilines is 5. The lowest BCUT2D eigenvalue weighted by Crippen LogP contribution is -2.07. The number of aryl methyl sites for hydroxylation is 3. The highest BCUT2D eigenvalue weighted by molar-refractivity contribution is 5.80. The third-order valence-corrected chi connectivity index (χ3v) is 3.78. The molecule has 122 valence electrons. The third kappa shape index (κ3) is 3.27. The number of hydrogen-bond acceptors (Lipinski definition) is 6. The van der Waals surface area contributed by atoms with Gasteiger partial charge in [-0.1, -0.05) is 18.2 Å². The lowest BCUT2D eigenvalue weighted by molar-refractivity contribution is 1.15. The molecular formula is C18H20N6. The van der Waals surface area contributed by atoms with Crippen LogP contribution < -0.4 is 16.4 Å². The molecule has 2 aromatic heterocycles. The monoisotopic (exact) mass is 320 g/mol. The maximum atomic E-state index is 6.24. The van der Waals surface area contributed by atoms with Crippen molar-refractivity contribution in [3.05, 3.63) is 59.5 Å². The van der Waals surface area contributed by atoms with E-state index in [4.69, 9.17) is 5.73 Å². The van der Waals surface area contributed by atoms with Crippen molar-refractivity contribution in [1.29, 1.82) is 0 Å². The van der Waals surface area contributed by atoms with Crippen molar-refractivity contribution in [1.82, 2.24) is 15.0 Å². The lowest BCUT2D eigenvalue weighted by Gasteiger charge is -2.14. The van der Waals surface area contributed by atoms with Gasteiger partial charge in [-0.2, -0.15) is 0 Å². The first-order chi connectivity index (χ1) is 11.5. The van der Waals surface area contributed by atoms with Crippen LogP contribution in [-0.4, -0.2) is 15.0 Å². The molecule has 3 aromatic rings. The van der Waals surface area contributed by atoms with Crippen molar-refractivity contribution in [2.24, 2.45) is 0 Å². The average molecular weight is 320 g/mol. The molecule has 0 fully saturated rings. The van der Waals surface area contributed by atoms with Crippen LogP contribution >= 0.6 is 0 Å². The number of hydrogen-bond donors (Lipinski definition) is 3. The van der Waals surface area contributed by atoms with Gasteiger partial charge in [-0.3, -0.25) is 0 Å². The Balaban J connectivity index is 1.91. The van der Waals surface area contributed by atoms with Crippen LogP contribution in [0.15, 0.2) is 42.9 Å². The first kappa shape index (κ1) is 15.7. The highest BCUT2D eigenvalue weighted by atomic mass is 15.1. The summed E-state index contributed by atoms with van der Waals surface area (Å²) < 4.78 is 0. The molecule has 0 unspecified atom stereocenters. The lowest BCUT2D eigenvalue weighted by atomic mass is 10.1. The molecule has 6 heteroatoms. The maximum absolute atomic E-state index is 6.24. The van der Waals surface area contributed by atoms with Crippen LogP contribution in [-0.2, 0) is 0 Å². The van der Waals surface area contributed by atoms with E-state index in [0.717, 1.165) is 28.2 Å². The van der Waals surface area contributed by atoms with Gasteiger partial charge in [0.05, 0.1) is 0 Å². The highest BCUT2D eigenvalue weighted by Crippen LogP contribution is 2.29. The third-order valence-electron chi connectivity index (χ3n) is 3.78. The molecule has 3 rings (SSSR count). The zero-order valence-corrected chi connectivity index (χ0v) is 14.0. The molecule has 6 nitrogen and oxygen atoms in total. The second kappa shape index (κ2) is 6.54. The van der Waals surface area contributed by atoms with Gasteiger partial charge < -0.3 is 16.4 Å². The Morgan fingerprint density at radius 1 is 0.833 bits per heavy atom. The smallest absolute Gasteiger partial charge is 0.160 e. The molecule has 0 saturated heterocycles. The Kier molecular flexibility index (Phi) is 4.29. The molecule has 0 bridgehead atoms. The van der Waals surface area contributed by atoms with Gasteiger partial charge in [0, 0.05) is 11.9 Å². The van der Waals surface area contributed by atoms with Crippen molar-refractivity contribution in [2.45, 2.75) is 20.8 Å². The molecule has 0 spiro atoms. The maximum Gasteiger partial charge on any atom is 0.160 e. The number of nitrogens with one attached hydrogen (secondary N) is 2. The van der Waals surface area contributed by atoms with Gasteiger partial charge in [0.1, 0.15) is 17.8 Å². The predicted molar refractivity (Wildman–Crippen MR) is 97.9 cm³/mol. The molecule has 0 aliphatic heterocycles. The first-order valence-electron chi connectivity index (χ1n) is 7.68. The van der Waals surface area contributed by atoms with Crippen molar-refractivity contribution < 1.29 is 0 Å². The molecule has 1 aromatic carbocycles. The molecule has 0 radical (unpaired) electrons. The number of pyridine rings is 1. The van der Waals surface area contributed by atoms with E-state index in [9.17, 15) is 0 Å². The largest absolute Gasteiger partial charge is 0.393 e. The van der Waals surface area contributed by atoms with Gasteiger partial charge in [0.25, 0.3) is 0 Å². The van der Waals surface area contributed by atoms with Crippen molar-refractivity contribution >= 4 is 28.8 Å². The zero-order chi connectivity index (χ0) is 17.1. The van der Waals surface area contributed by atoms with E-state index >= 15 is 0 Å². The highest BCUT2D eigenvalue weighted by Gasteiger charge is 2.11. The topological polar surface area (TPSA) is 88.8 Å². The van der Waals surface area contributed by atoms with Gasteiger partial charge in [-0.25, -0.2) is 15.0 Å². The molecule has 24 heavy (non-hydrogen) atoms. The second-order valence-corrected chi connectivity index (χ2v) is 5.72. The van der Waals surface area contributed by atoms with Crippen LogP contribution in [0.3, 0.4) is 0 Å². The minimum absolute atomic E-state index is 0.448. The summed E-state index contributed by atoms with van der Waals surface area (Å²) >= 11 is 0. The van der Waals surface area contributed by atoms with Crippen LogP contribution in [0.1, 0.15) is 16.7 Å².